The van der Waals surface area contributed by atoms with Crippen molar-refractivity contribution in [3.63, 3.8) is 0 Å². The Hall–Kier alpha value is -0.270. The molecule has 0 atom stereocenters. The highest BCUT2D eigenvalue weighted by Crippen LogP contribution is 2.18. The number of imidazole rings is 1. The number of thioether (sulfide) groups is 1. The molecule has 17 heavy (non-hydrogen) atoms. The van der Waals surface area contributed by atoms with Crippen LogP contribution >= 0.6 is 46.6 Å². The molecule has 1 aromatic heterocycles. The van der Waals surface area contributed by atoms with Crippen molar-refractivity contribution in [1.29, 1.82) is 0 Å². The Morgan fingerprint density at radius 1 is 1.53 bits per heavy atom. The maximum atomic E-state index is 5.35. The number of nitrogens with zero attached hydrogens (tertiary/aromatic N) is 1. The summed E-state index contributed by atoms with van der Waals surface area (Å²) in [6.45, 7) is 4.66. The summed E-state index contributed by atoms with van der Waals surface area (Å²) in [5.74, 6) is 2.05. The zero-order valence-electron chi connectivity index (χ0n) is 9.28. The molecule has 90 valence electrons. The standard InChI is InChI=1S/C12H13IN2S2/c1-2-6-17-7-5-15-11-4-3-9(13)8-10(11)14-12(15)16/h2-4,8H,1,5-7H2,(H,14,16). The highest BCUT2D eigenvalue weighted by Gasteiger charge is 2.04. The van der Waals surface area contributed by atoms with E-state index in [-0.39, 0.29) is 0 Å². The zero-order chi connectivity index (χ0) is 12.3. The van der Waals surface area contributed by atoms with E-state index >= 15 is 0 Å². The lowest BCUT2D eigenvalue weighted by Crippen LogP contribution is -2.00. The second-order valence-corrected chi connectivity index (χ2v) is 6.39. The van der Waals surface area contributed by atoms with Crippen LogP contribution in [0.5, 0.6) is 0 Å². The maximum absolute atomic E-state index is 5.35. The third-order valence-corrected chi connectivity index (χ3v) is 4.37. The Morgan fingerprint density at radius 2 is 2.35 bits per heavy atom. The Morgan fingerprint density at radius 3 is 3.12 bits per heavy atom. The first kappa shape index (κ1) is 13.2. The van der Waals surface area contributed by atoms with Crippen LogP contribution < -0.4 is 0 Å². The van der Waals surface area contributed by atoms with Crippen molar-refractivity contribution in [2.75, 3.05) is 11.5 Å². The van der Waals surface area contributed by atoms with Gasteiger partial charge in [0.2, 0.25) is 0 Å². The predicted octanol–water partition coefficient (Wildman–Crippen LogP) is 4.22. The molecule has 2 rings (SSSR count). The van der Waals surface area contributed by atoms with Crippen LogP contribution in [0.15, 0.2) is 30.9 Å². The molecule has 0 aliphatic carbocycles. The Balaban J connectivity index is 2.24. The van der Waals surface area contributed by atoms with Gasteiger partial charge in [-0.15, -0.1) is 6.58 Å². The lowest BCUT2D eigenvalue weighted by Gasteiger charge is -2.03. The lowest BCUT2D eigenvalue weighted by molar-refractivity contribution is 0.784. The first-order chi connectivity index (χ1) is 8.22. The minimum atomic E-state index is 0.807. The number of aryl methyl sites for hydroxylation is 1. The van der Waals surface area contributed by atoms with E-state index in [1.54, 1.807) is 0 Å². The average Bonchev–Trinajstić information content (AvgIpc) is 2.60. The van der Waals surface area contributed by atoms with E-state index < -0.39 is 0 Å². The van der Waals surface area contributed by atoms with Crippen molar-refractivity contribution in [2.45, 2.75) is 6.54 Å². The summed E-state index contributed by atoms with van der Waals surface area (Å²) < 4.78 is 4.19. The molecular formula is C12H13IN2S2. The average molecular weight is 376 g/mol. The number of hydrogen-bond acceptors (Lipinski definition) is 2. The summed E-state index contributed by atoms with van der Waals surface area (Å²) in [5, 5.41) is 0. The van der Waals surface area contributed by atoms with E-state index in [1.165, 1.54) is 9.09 Å². The molecule has 0 saturated carbocycles. The van der Waals surface area contributed by atoms with Crippen molar-refractivity contribution in [3.05, 3.63) is 39.2 Å². The highest BCUT2D eigenvalue weighted by atomic mass is 127. The summed E-state index contributed by atoms with van der Waals surface area (Å²) >= 11 is 9.53. The Kier molecular flexibility index (Phi) is 4.69. The quantitative estimate of drug-likeness (QED) is 0.365. The first-order valence-electron chi connectivity index (χ1n) is 5.29. The fraction of sp³-hybridized carbons (Fsp3) is 0.250. The van der Waals surface area contributed by atoms with E-state index in [1.807, 2.05) is 17.8 Å². The number of hydrogen-bond donors (Lipinski definition) is 1. The van der Waals surface area contributed by atoms with Gasteiger partial charge in [0.05, 0.1) is 11.0 Å². The van der Waals surface area contributed by atoms with Gasteiger partial charge >= 0.3 is 0 Å². The normalized spacial score (nSPS) is 10.9. The van der Waals surface area contributed by atoms with Crippen molar-refractivity contribution in [3.8, 4) is 0 Å². The molecule has 0 radical (unpaired) electrons. The van der Waals surface area contributed by atoms with Crippen LogP contribution in [0, 0.1) is 8.34 Å². The number of H-pyrrole nitrogens is 1. The second-order valence-electron chi connectivity index (χ2n) is 3.61. The highest BCUT2D eigenvalue weighted by molar-refractivity contribution is 14.1. The van der Waals surface area contributed by atoms with Crippen LogP contribution in [0.4, 0.5) is 0 Å². The van der Waals surface area contributed by atoms with Gasteiger partial charge in [-0.25, -0.2) is 0 Å². The molecule has 0 amide bonds. The Labute approximate surface area is 124 Å². The molecule has 5 heteroatoms. The number of nitrogens with one attached hydrogen (secondary N) is 1. The van der Waals surface area contributed by atoms with Crippen LogP contribution in [0.25, 0.3) is 11.0 Å². The molecule has 0 unspecified atom stereocenters. The Bertz CT molecular complexity index is 586. The molecule has 1 heterocycles. The fourth-order valence-electron chi connectivity index (χ4n) is 1.68. The first-order valence-corrected chi connectivity index (χ1v) is 7.93. The van der Waals surface area contributed by atoms with Crippen LogP contribution in [-0.4, -0.2) is 21.1 Å². The largest absolute Gasteiger partial charge is 0.331 e. The molecule has 0 bridgehead atoms. The second kappa shape index (κ2) is 6.06. The van der Waals surface area contributed by atoms with Gasteiger partial charge in [-0.3, -0.25) is 0 Å². The van der Waals surface area contributed by atoms with Gasteiger partial charge in [0, 0.05) is 21.6 Å². The fourth-order valence-corrected chi connectivity index (χ4v) is 3.12. The van der Waals surface area contributed by atoms with Crippen molar-refractivity contribution in [2.24, 2.45) is 0 Å². The van der Waals surface area contributed by atoms with Crippen LogP contribution in [0.2, 0.25) is 0 Å². The molecule has 0 fully saturated rings. The molecule has 0 aliphatic rings. The minimum absolute atomic E-state index is 0.807. The van der Waals surface area contributed by atoms with E-state index in [9.17, 15) is 0 Å². The molecule has 0 aliphatic heterocycles. The third kappa shape index (κ3) is 3.14. The van der Waals surface area contributed by atoms with Crippen molar-refractivity contribution < 1.29 is 0 Å². The molecular weight excluding hydrogens is 363 g/mol. The van der Waals surface area contributed by atoms with Gasteiger partial charge in [-0.2, -0.15) is 11.8 Å². The number of halogens is 1. The van der Waals surface area contributed by atoms with Crippen LogP contribution in [0.3, 0.4) is 0 Å². The van der Waals surface area contributed by atoms with Gasteiger partial charge in [0.1, 0.15) is 0 Å². The summed E-state index contributed by atoms with van der Waals surface area (Å²) in [6.07, 6.45) is 1.93. The lowest BCUT2D eigenvalue weighted by atomic mass is 10.3. The molecule has 1 N–H and O–H groups in total. The molecule has 2 nitrogen and oxygen atoms in total. The molecule has 0 saturated heterocycles. The zero-order valence-corrected chi connectivity index (χ0v) is 13.1. The number of aromatic nitrogens is 2. The van der Waals surface area contributed by atoms with Gasteiger partial charge in [0.15, 0.2) is 4.77 Å². The van der Waals surface area contributed by atoms with Gasteiger partial charge in [0.25, 0.3) is 0 Å². The van der Waals surface area contributed by atoms with E-state index in [0.717, 1.165) is 28.3 Å². The number of fused-ring (bicyclic) bond motifs is 1. The van der Waals surface area contributed by atoms with E-state index in [0.29, 0.717) is 0 Å². The van der Waals surface area contributed by atoms with Gasteiger partial charge in [-0.05, 0) is 53.0 Å². The van der Waals surface area contributed by atoms with E-state index in [4.69, 9.17) is 12.2 Å². The smallest absolute Gasteiger partial charge is 0.178 e. The van der Waals surface area contributed by atoms with E-state index in [2.05, 4.69) is 56.9 Å². The summed E-state index contributed by atoms with van der Waals surface area (Å²) in [7, 11) is 0. The number of aromatic amines is 1. The molecule has 1 aromatic carbocycles. The van der Waals surface area contributed by atoms with Crippen LogP contribution in [-0.2, 0) is 6.54 Å². The van der Waals surface area contributed by atoms with Crippen molar-refractivity contribution in [1.82, 2.24) is 9.55 Å². The predicted molar refractivity (Wildman–Crippen MR) is 87.4 cm³/mol. The van der Waals surface area contributed by atoms with Crippen molar-refractivity contribution >= 4 is 57.6 Å². The van der Waals surface area contributed by atoms with Gasteiger partial charge < -0.3 is 9.55 Å². The SMILES string of the molecule is C=CCSCCn1c(=S)[nH]c2cc(I)ccc21. The van der Waals surface area contributed by atoms with Crippen LogP contribution in [0.1, 0.15) is 0 Å². The molecule has 2 aromatic rings. The van der Waals surface area contributed by atoms with Gasteiger partial charge in [-0.1, -0.05) is 6.08 Å². The maximum Gasteiger partial charge on any atom is 0.178 e. The summed E-state index contributed by atoms with van der Waals surface area (Å²) in [5.41, 5.74) is 2.31. The number of rotatable bonds is 5. The topological polar surface area (TPSA) is 20.7 Å². The summed E-state index contributed by atoms with van der Waals surface area (Å²) in [4.78, 5) is 3.25. The molecule has 0 spiro atoms. The minimum Gasteiger partial charge on any atom is -0.331 e. The summed E-state index contributed by atoms with van der Waals surface area (Å²) in [6, 6.07) is 6.36. The third-order valence-electron chi connectivity index (χ3n) is 2.43. The number of benzene rings is 1. The monoisotopic (exact) mass is 376 g/mol.